The molecule has 0 fully saturated rings. The fraction of sp³-hybridized carbons (Fsp3) is 0.125. The zero-order chi connectivity index (χ0) is 23.1. The second kappa shape index (κ2) is 10.1. The summed E-state index contributed by atoms with van der Waals surface area (Å²) < 4.78 is 11.9. The molecule has 164 valence electrons. The van der Waals surface area contributed by atoms with Crippen molar-refractivity contribution in [1.29, 1.82) is 0 Å². The number of pyridine rings is 2. The van der Waals surface area contributed by atoms with Crippen LogP contribution in [0.1, 0.15) is 16.1 Å². The number of hydrogen-bond donors (Lipinski definition) is 2. The van der Waals surface area contributed by atoms with Crippen LogP contribution in [0.5, 0.6) is 17.2 Å². The number of nitrogens with zero attached hydrogens (tertiary/aromatic N) is 2. The van der Waals surface area contributed by atoms with Crippen LogP contribution < -0.4 is 15.0 Å². The Labute approximate surface area is 183 Å². The summed E-state index contributed by atoms with van der Waals surface area (Å²) in [4.78, 5) is 27.4. The van der Waals surface area contributed by atoms with Crippen molar-refractivity contribution in [2.24, 2.45) is 0 Å². The number of aromatic carboxylic acids is 1. The Morgan fingerprint density at radius 2 is 1.66 bits per heavy atom. The van der Waals surface area contributed by atoms with Gasteiger partial charge in [0.15, 0.2) is 11.4 Å². The number of ether oxygens (including phenoxy) is 2. The highest BCUT2D eigenvalue weighted by Crippen LogP contribution is 2.27. The molecule has 8 heteroatoms. The standard InChI is InChI=1S/C18H16N2O6.C6H6/c1-25-11-4-3-10(14(7-11)26-2)9-20-6-5-12-13(17(20)22)8-19-15(16(12)21)18(23)24;1-2-4-6-5-3-1/h3-8,21H,9H2,1-2H3,(H,23,24);1-6H. The van der Waals surface area contributed by atoms with Crippen molar-refractivity contribution in [2.75, 3.05) is 14.2 Å². The second-order valence-electron chi connectivity index (χ2n) is 6.67. The molecule has 0 unspecified atom stereocenters. The van der Waals surface area contributed by atoms with Crippen LogP contribution in [0.15, 0.2) is 77.9 Å². The number of carboxylic acids is 1. The van der Waals surface area contributed by atoms with Gasteiger partial charge in [0.2, 0.25) is 0 Å². The third-order valence-corrected chi connectivity index (χ3v) is 4.71. The molecule has 0 aliphatic heterocycles. The number of benzene rings is 2. The maximum absolute atomic E-state index is 12.7. The number of hydrogen-bond acceptors (Lipinski definition) is 6. The molecule has 0 bridgehead atoms. The number of methoxy groups -OCH3 is 2. The predicted molar refractivity (Wildman–Crippen MR) is 120 cm³/mol. The highest BCUT2D eigenvalue weighted by Gasteiger charge is 2.17. The first kappa shape index (κ1) is 22.4. The smallest absolute Gasteiger partial charge is 0.358 e. The molecular formula is C24H22N2O6. The van der Waals surface area contributed by atoms with Crippen molar-refractivity contribution in [1.82, 2.24) is 9.55 Å². The fourth-order valence-corrected chi connectivity index (χ4v) is 3.07. The van der Waals surface area contributed by atoms with Crippen molar-refractivity contribution in [3.8, 4) is 17.2 Å². The third kappa shape index (κ3) is 4.86. The van der Waals surface area contributed by atoms with E-state index in [-0.39, 0.29) is 17.3 Å². The zero-order valence-corrected chi connectivity index (χ0v) is 17.6. The van der Waals surface area contributed by atoms with Crippen LogP contribution in [0.25, 0.3) is 10.8 Å². The van der Waals surface area contributed by atoms with E-state index in [1.165, 1.54) is 23.9 Å². The SMILES string of the molecule is COc1ccc(Cn2ccc3c(O)c(C(=O)O)ncc3c2=O)c(OC)c1.c1ccccc1. The molecule has 2 heterocycles. The Morgan fingerprint density at radius 1 is 1.00 bits per heavy atom. The van der Waals surface area contributed by atoms with Crippen molar-refractivity contribution >= 4 is 16.7 Å². The van der Waals surface area contributed by atoms with Gasteiger partial charge in [-0.15, -0.1) is 0 Å². The van der Waals surface area contributed by atoms with Crippen molar-refractivity contribution in [3.05, 3.63) is 94.7 Å². The molecule has 2 N–H and O–H groups in total. The molecule has 32 heavy (non-hydrogen) atoms. The first-order chi connectivity index (χ1) is 15.5. The summed E-state index contributed by atoms with van der Waals surface area (Å²) in [6, 6.07) is 18.7. The third-order valence-electron chi connectivity index (χ3n) is 4.71. The lowest BCUT2D eigenvalue weighted by atomic mass is 10.1. The highest BCUT2D eigenvalue weighted by atomic mass is 16.5. The average molecular weight is 434 g/mol. The lowest BCUT2D eigenvalue weighted by Crippen LogP contribution is -2.21. The molecule has 4 rings (SSSR count). The second-order valence-corrected chi connectivity index (χ2v) is 6.67. The van der Waals surface area contributed by atoms with Crippen molar-refractivity contribution < 1.29 is 24.5 Å². The van der Waals surface area contributed by atoms with E-state index < -0.39 is 23.0 Å². The number of aromatic nitrogens is 2. The Kier molecular flexibility index (Phi) is 7.07. The number of fused-ring (bicyclic) bond motifs is 1. The van der Waals surface area contributed by atoms with E-state index in [1.807, 2.05) is 36.4 Å². The predicted octanol–water partition coefficient (Wildman–Crippen LogP) is 3.55. The van der Waals surface area contributed by atoms with Crippen LogP contribution >= 0.6 is 0 Å². The molecule has 0 amide bonds. The van der Waals surface area contributed by atoms with E-state index in [2.05, 4.69) is 4.98 Å². The van der Waals surface area contributed by atoms with Crippen LogP contribution in [0.2, 0.25) is 0 Å². The van der Waals surface area contributed by atoms with Crippen LogP contribution in [0.3, 0.4) is 0 Å². The Bertz CT molecular complexity index is 1260. The number of rotatable bonds is 5. The summed E-state index contributed by atoms with van der Waals surface area (Å²) >= 11 is 0. The minimum Gasteiger partial charge on any atom is -0.505 e. The lowest BCUT2D eigenvalue weighted by molar-refractivity contribution is 0.0687. The number of carbonyl (C=O) groups is 1. The van der Waals surface area contributed by atoms with E-state index in [9.17, 15) is 14.7 Å². The van der Waals surface area contributed by atoms with Gasteiger partial charge in [-0.25, -0.2) is 9.78 Å². The van der Waals surface area contributed by atoms with E-state index in [4.69, 9.17) is 14.6 Å². The monoisotopic (exact) mass is 434 g/mol. The zero-order valence-electron chi connectivity index (χ0n) is 17.6. The van der Waals surface area contributed by atoms with Gasteiger partial charge in [-0.2, -0.15) is 0 Å². The summed E-state index contributed by atoms with van der Waals surface area (Å²) in [7, 11) is 3.07. The quantitative estimate of drug-likeness (QED) is 0.494. The summed E-state index contributed by atoms with van der Waals surface area (Å²) in [6.45, 7) is 0.226. The first-order valence-corrected chi connectivity index (χ1v) is 9.61. The maximum Gasteiger partial charge on any atom is 0.358 e. The van der Waals surface area contributed by atoms with E-state index in [1.54, 1.807) is 25.3 Å². The Morgan fingerprint density at radius 3 is 2.22 bits per heavy atom. The summed E-state index contributed by atoms with van der Waals surface area (Å²) in [5.41, 5.74) is -0.138. The topological polar surface area (TPSA) is 111 Å². The molecule has 0 aliphatic rings. The lowest BCUT2D eigenvalue weighted by Gasteiger charge is -2.13. The normalized spacial score (nSPS) is 10.2. The van der Waals surface area contributed by atoms with Gasteiger partial charge >= 0.3 is 5.97 Å². The minimum atomic E-state index is -1.36. The van der Waals surface area contributed by atoms with Crippen molar-refractivity contribution in [2.45, 2.75) is 6.54 Å². The molecule has 8 nitrogen and oxygen atoms in total. The Hall–Kier alpha value is -4.33. The largest absolute Gasteiger partial charge is 0.505 e. The molecule has 0 saturated heterocycles. The minimum absolute atomic E-state index is 0.127. The highest BCUT2D eigenvalue weighted by molar-refractivity contribution is 5.97. The summed E-state index contributed by atoms with van der Waals surface area (Å²) in [5, 5.41) is 19.3. The molecule has 0 spiro atoms. The van der Waals surface area contributed by atoms with Gasteiger partial charge in [0.05, 0.1) is 26.2 Å². The molecule has 0 atom stereocenters. The van der Waals surface area contributed by atoms with Crippen molar-refractivity contribution in [3.63, 3.8) is 0 Å². The van der Waals surface area contributed by atoms with Crippen LogP contribution in [-0.2, 0) is 6.54 Å². The molecule has 4 aromatic rings. The first-order valence-electron chi connectivity index (χ1n) is 9.61. The number of aromatic hydroxyl groups is 1. The van der Waals surface area contributed by atoms with E-state index in [0.717, 1.165) is 11.8 Å². The molecule has 0 radical (unpaired) electrons. The van der Waals surface area contributed by atoms with Gasteiger partial charge in [0, 0.05) is 29.4 Å². The molecular weight excluding hydrogens is 412 g/mol. The molecule has 2 aromatic carbocycles. The van der Waals surface area contributed by atoms with Gasteiger partial charge in [0.25, 0.3) is 5.56 Å². The fourth-order valence-electron chi connectivity index (χ4n) is 3.07. The van der Waals surface area contributed by atoms with Crippen LogP contribution in [-0.4, -0.2) is 40.0 Å². The van der Waals surface area contributed by atoms with Gasteiger partial charge < -0.3 is 24.3 Å². The van der Waals surface area contributed by atoms with Gasteiger partial charge in [-0.1, -0.05) is 36.4 Å². The van der Waals surface area contributed by atoms with Crippen LogP contribution in [0.4, 0.5) is 0 Å². The van der Waals surface area contributed by atoms with Gasteiger partial charge in [-0.05, 0) is 18.2 Å². The van der Waals surface area contributed by atoms with Gasteiger partial charge in [0.1, 0.15) is 11.5 Å². The summed E-state index contributed by atoms with van der Waals surface area (Å²) in [5.74, 6) is -0.692. The Balaban J connectivity index is 0.000000416. The van der Waals surface area contributed by atoms with E-state index in [0.29, 0.717) is 11.5 Å². The molecule has 0 aliphatic carbocycles. The maximum atomic E-state index is 12.7. The molecule has 0 saturated carbocycles. The van der Waals surface area contributed by atoms with E-state index >= 15 is 0 Å². The molecule has 2 aromatic heterocycles. The average Bonchev–Trinajstić information content (AvgIpc) is 2.82. The van der Waals surface area contributed by atoms with Gasteiger partial charge in [-0.3, -0.25) is 4.79 Å². The van der Waals surface area contributed by atoms with Crippen LogP contribution in [0, 0.1) is 0 Å². The summed E-state index contributed by atoms with van der Waals surface area (Å²) in [6.07, 6.45) is 2.64. The number of carboxylic acid groups (broad SMARTS) is 1.